The van der Waals surface area contributed by atoms with Crippen LogP contribution < -0.4 is 14.5 Å². The second-order valence-electron chi connectivity index (χ2n) is 8.62. The Kier molecular flexibility index (Phi) is 6.64. The van der Waals surface area contributed by atoms with E-state index < -0.39 is 9.84 Å². The summed E-state index contributed by atoms with van der Waals surface area (Å²) >= 11 is 6.04. The molecule has 36 heavy (non-hydrogen) atoms. The lowest BCUT2D eigenvalue weighted by Gasteiger charge is -2.36. The van der Waals surface area contributed by atoms with E-state index in [2.05, 4.69) is 9.88 Å². The Bertz CT molecular complexity index is 1440. The van der Waals surface area contributed by atoms with E-state index in [1.807, 2.05) is 36.1 Å². The van der Waals surface area contributed by atoms with Gasteiger partial charge in [0.05, 0.1) is 12.0 Å². The highest BCUT2D eigenvalue weighted by Crippen LogP contribution is 2.36. The van der Waals surface area contributed by atoms with Crippen molar-refractivity contribution < 1.29 is 17.6 Å². The topological polar surface area (TPSA) is 75.9 Å². The molecular weight excluding hydrogens is 498 g/mol. The second kappa shape index (κ2) is 9.87. The lowest BCUT2D eigenvalue weighted by Crippen LogP contribution is -2.46. The predicted octanol–water partition coefficient (Wildman–Crippen LogP) is 5.47. The van der Waals surface area contributed by atoms with Crippen LogP contribution in [0.3, 0.4) is 0 Å². The number of nitrogens with zero attached hydrogens (tertiary/aromatic N) is 3. The Morgan fingerprint density at radius 3 is 2.08 bits per heavy atom. The number of hydrogen-bond donors (Lipinski definition) is 0. The molecule has 0 aliphatic carbocycles. The lowest BCUT2D eigenvalue weighted by molar-refractivity contribution is 0.415. The van der Waals surface area contributed by atoms with E-state index in [-0.39, 0.29) is 21.7 Å². The number of anilines is 2. The zero-order valence-corrected chi connectivity index (χ0v) is 21.6. The van der Waals surface area contributed by atoms with Crippen molar-refractivity contribution in [2.45, 2.75) is 16.8 Å². The molecule has 4 aromatic rings. The highest BCUT2D eigenvalue weighted by Gasteiger charge is 2.33. The quantitative estimate of drug-likeness (QED) is 0.331. The van der Waals surface area contributed by atoms with Crippen molar-refractivity contribution in [2.75, 3.05) is 43.1 Å². The number of rotatable bonds is 6. The molecule has 1 saturated heterocycles. The molecule has 3 aromatic carbocycles. The van der Waals surface area contributed by atoms with Crippen LogP contribution in [0.4, 0.5) is 11.6 Å². The number of ether oxygens (including phenoxy) is 1. The largest absolute Gasteiger partial charge is 0.497 e. The maximum atomic E-state index is 13.7. The maximum absolute atomic E-state index is 13.7. The monoisotopic (exact) mass is 523 g/mol. The third-order valence-corrected chi connectivity index (χ3v) is 8.18. The van der Waals surface area contributed by atoms with Gasteiger partial charge in [0.2, 0.25) is 26.6 Å². The van der Waals surface area contributed by atoms with Gasteiger partial charge in [0.25, 0.3) is 0 Å². The summed E-state index contributed by atoms with van der Waals surface area (Å²) in [6, 6.07) is 21.7. The lowest BCUT2D eigenvalue weighted by atomic mass is 10.2. The first-order chi connectivity index (χ1) is 17.3. The summed E-state index contributed by atoms with van der Waals surface area (Å²) in [6.07, 6.45) is 0. The number of piperazine rings is 1. The highest BCUT2D eigenvalue weighted by molar-refractivity contribution is 7.91. The standard InChI is InChI=1S/C27H26ClN3O4S/c1-19-3-13-24(14-4-19)36(32,33)26-27(35-25(29-26)20-5-7-21(28)8-6-20)31-17-15-30(16-18-31)22-9-11-23(34-2)12-10-22/h3-14H,15-18H2,1-2H3. The molecule has 5 rings (SSSR count). The van der Waals surface area contributed by atoms with Crippen molar-refractivity contribution in [1.29, 1.82) is 0 Å². The Labute approximate surface area is 215 Å². The molecular formula is C27H26ClN3O4S. The van der Waals surface area contributed by atoms with Crippen molar-refractivity contribution >= 4 is 33.0 Å². The Hall–Kier alpha value is -3.49. The number of sulfone groups is 1. The molecule has 0 atom stereocenters. The van der Waals surface area contributed by atoms with E-state index in [4.69, 9.17) is 20.8 Å². The summed E-state index contributed by atoms with van der Waals surface area (Å²) in [5.41, 5.74) is 2.72. The van der Waals surface area contributed by atoms with Crippen LogP contribution in [0.1, 0.15) is 5.56 Å². The molecule has 0 unspecified atom stereocenters. The molecule has 0 spiro atoms. The molecule has 0 amide bonds. The van der Waals surface area contributed by atoms with Gasteiger partial charge in [-0.3, -0.25) is 0 Å². The van der Waals surface area contributed by atoms with Gasteiger partial charge in [0.15, 0.2) is 0 Å². The van der Waals surface area contributed by atoms with Gasteiger partial charge in [0.1, 0.15) is 5.75 Å². The third-order valence-electron chi connectivity index (χ3n) is 6.26. The molecule has 1 aliphatic heterocycles. The van der Waals surface area contributed by atoms with Gasteiger partial charge in [-0.1, -0.05) is 29.3 Å². The van der Waals surface area contributed by atoms with E-state index in [9.17, 15) is 8.42 Å². The van der Waals surface area contributed by atoms with Gasteiger partial charge in [-0.25, -0.2) is 8.42 Å². The molecule has 0 saturated carbocycles. The van der Waals surface area contributed by atoms with Crippen LogP contribution in [0.5, 0.6) is 5.75 Å². The molecule has 0 N–H and O–H groups in total. The smallest absolute Gasteiger partial charge is 0.236 e. The summed E-state index contributed by atoms with van der Waals surface area (Å²) < 4.78 is 38.7. The van der Waals surface area contributed by atoms with Crippen LogP contribution in [-0.2, 0) is 9.84 Å². The molecule has 0 bridgehead atoms. The van der Waals surface area contributed by atoms with Crippen LogP contribution in [0.15, 0.2) is 87.1 Å². The van der Waals surface area contributed by atoms with Gasteiger partial charge < -0.3 is 19.0 Å². The fourth-order valence-corrected chi connectivity index (χ4v) is 5.63. The zero-order valence-electron chi connectivity index (χ0n) is 20.0. The Morgan fingerprint density at radius 1 is 0.861 bits per heavy atom. The predicted molar refractivity (Wildman–Crippen MR) is 141 cm³/mol. The molecule has 186 valence electrons. The number of oxazole rings is 1. The van der Waals surface area contributed by atoms with E-state index in [1.165, 1.54) is 0 Å². The SMILES string of the molecule is COc1ccc(N2CCN(c3oc(-c4ccc(Cl)cc4)nc3S(=O)(=O)c3ccc(C)cc3)CC2)cc1. The first kappa shape index (κ1) is 24.2. The molecule has 7 nitrogen and oxygen atoms in total. The molecule has 1 fully saturated rings. The van der Waals surface area contributed by atoms with Crippen LogP contribution in [0.2, 0.25) is 5.02 Å². The summed E-state index contributed by atoms with van der Waals surface area (Å²) in [5.74, 6) is 1.31. The van der Waals surface area contributed by atoms with Gasteiger partial charge in [0, 0.05) is 42.5 Å². The Morgan fingerprint density at radius 2 is 1.47 bits per heavy atom. The number of aryl methyl sites for hydroxylation is 1. The number of methoxy groups -OCH3 is 1. The van der Waals surface area contributed by atoms with E-state index in [0.29, 0.717) is 36.8 Å². The normalized spacial score (nSPS) is 14.2. The summed E-state index contributed by atoms with van der Waals surface area (Å²) in [5, 5.41) is 0.502. The first-order valence-electron chi connectivity index (χ1n) is 11.6. The van der Waals surface area contributed by atoms with Crippen molar-refractivity contribution in [2.24, 2.45) is 0 Å². The zero-order chi connectivity index (χ0) is 25.3. The second-order valence-corrected chi connectivity index (χ2v) is 10.9. The van der Waals surface area contributed by atoms with Gasteiger partial charge in [-0.05, 0) is 67.6 Å². The van der Waals surface area contributed by atoms with Crippen LogP contribution in [-0.4, -0.2) is 46.7 Å². The fourth-order valence-electron chi connectivity index (χ4n) is 4.18. The minimum Gasteiger partial charge on any atom is -0.497 e. The van der Waals surface area contributed by atoms with E-state index in [1.54, 1.807) is 55.6 Å². The minimum atomic E-state index is -3.90. The summed E-state index contributed by atoms with van der Waals surface area (Å²) in [7, 11) is -2.26. The van der Waals surface area contributed by atoms with Crippen molar-refractivity contribution in [3.8, 4) is 17.2 Å². The fraction of sp³-hybridized carbons (Fsp3) is 0.222. The van der Waals surface area contributed by atoms with E-state index >= 15 is 0 Å². The molecule has 2 heterocycles. The van der Waals surface area contributed by atoms with Gasteiger partial charge in [-0.2, -0.15) is 4.98 Å². The van der Waals surface area contributed by atoms with Crippen molar-refractivity contribution in [3.63, 3.8) is 0 Å². The first-order valence-corrected chi connectivity index (χ1v) is 13.4. The third kappa shape index (κ3) is 4.79. The van der Waals surface area contributed by atoms with Crippen LogP contribution in [0.25, 0.3) is 11.5 Å². The van der Waals surface area contributed by atoms with Gasteiger partial charge in [-0.15, -0.1) is 0 Å². The van der Waals surface area contributed by atoms with Gasteiger partial charge >= 0.3 is 0 Å². The number of hydrogen-bond acceptors (Lipinski definition) is 7. The van der Waals surface area contributed by atoms with Crippen LogP contribution in [0, 0.1) is 6.92 Å². The minimum absolute atomic E-state index is 0.0748. The number of aromatic nitrogens is 1. The number of benzene rings is 3. The average molecular weight is 524 g/mol. The van der Waals surface area contributed by atoms with Crippen LogP contribution >= 0.6 is 11.6 Å². The van der Waals surface area contributed by atoms with Crippen molar-refractivity contribution in [3.05, 3.63) is 83.4 Å². The summed E-state index contributed by atoms with van der Waals surface area (Å²) in [6.45, 7) is 4.48. The average Bonchev–Trinajstić information content (AvgIpc) is 3.36. The van der Waals surface area contributed by atoms with Crippen molar-refractivity contribution in [1.82, 2.24) is 4.98 Å². The Balaban J connectivity index is 1.48. The molecule has 1 aliphatic rings. The maximum Gasteiger partial charge on any atom is 0.236 e. The molecule has 0 radical (unpaired) electrons. The van der Waals surface area contributed by atoms with E-state index in [0.717, 1.165) is 17.0 Å². The molecule has 1 aromatic heterocycles. The number of halogens is 1. The highest BCUT2D eigenvalue weighted by atomic mass is 35.5. The molecule has 9 heteroatoms. The summed E-state index contributed by atoms with van der Waals surface area (Å²) in [4.78, 5) is 8.87.